The lowest BCUT2D eigenvalue weighted by molar-refractivity contribution is -0.111. The summed E-state index contributed by atoms with van der Waals surface area (Å²) in [6.07, 6.45) is 3.05. The van der Waals surface area contributed by atoms with Crippen molar-refractivity contribution in [1.29, 1.82) is 0 Å². The molecule has 1 N–H and O–H groups in total. The van der Waals surface area contributed by atoms with Gasteiger partial charge in [-0.15, -0.1) is 0 Å². The SMILES string of the molecule is O=C(/C=C/c1ccc(Cl)cc1Cl)Nc1ccc(OCc2ccc(Cl)cc2)cc1. The normalized spacial score (nSPS) is 10.8. The zero-order valence-corrected chi connectivity index (χ0v) is 16.9. The van der Waals surface area contributed by atoms with E-state index < -0.39 is 0 Å². The monoisotopic (exact) mass is 431 g/mol. The number of benzene rings is 3. The lowest BCUT2D eigenvalue weighted by Crippen LogP contribution is -2.07. The van der Waals surface area contributed by atoms with Gasteiger partial charge in [0.25, 0.3) is 0 Å². The van der Waals surface area contributed by atoms with Crippen molar-refractivity contribution in [3.05, 3.63) is 99.0 Å². The van der Waals surface area contributed by atoms with Gasteiger partial charge in [-0.1, -0.05) is 53.0 Å². The molecule has 6 heteroatoms. The molecule has 0 radical (unpaired) electrons. The molecule has 28 heavy (non-hydrogen) atoms. The lowest BCUT2D eigenvalue weighted by atomic mass is 10.2. The number of rotatable bonds is 6. The highest BCUT2D eigenvalue weighted by Gasteiger charge is 2.02. The van der Waals surface area contributed by atoms with E-state index >= 15 is 0 Å². The maximum atomic E-state index is 12.1. The van der Waals surface area contributed by atoms with Crippen LogP contribution in [0.2, 0.25) is 15.1 Å². The van der Waals surface area contributed by atoms with Gasteiger partial charge in [-0.25, -0.2) is 0 Å². The third-order valence-electron chi connectivity index (χ3n) is 3.82. The Labute approximate surface area is 178 Å². The van der Waals surface area contributed by atoms with Gasteiger partial charge >= 0.3 is 0 Å². The quantitative estimate of drug-likeness (QED) is 0.431. The second kappa shape index (κ2) is 9.65. The number of hydrogen-bond acceptors (Lipinski definition) is 2. The molecule has 0 aromatic heterocycles. The molecule has 0 saturated heterocycles. The highest BCUT2D eigenvalue weighted by Crippen LogP contribution is 2.22. The number of amides is 1. The minimum atomic E-state index is -0.263. The fraction of sp³-hybridized carbons (Fsp3) is 0.0455. The highest BCUT2D eigenvalue weighted by atomic mass is 35.5. The van der Waals surface area contributed by atoms with E-state index in [1.807, 2.05) is 24.3 Å². The number of halogens is 3. The van der Waals surface area contributed by atoms with Crippen molar-refractivity contribution in [2.75, 3.05) is 5.32 Å². The van der Waals surface area contributed by atoms with Gasteiger partial charge in [0, 0.05) is 26.8 Å². The first-order chi connectivity index (χ1) is 13.5. The molecule has 142 valence electrons. The predicted molar refractivity (Wildman–Crippen MR) is 116 cm³/mol. The van der Waals surface area contributed by atoms with Crippen LogP contribution in [0.3, 0.4) is 0 Å². The van der Waals surface area contributed by atoms with E-state index in [0.29, 0.717) is 38.7 Å². The molecule has 0 aliphatic carbocycles. The number of carbonyl (C=O) groups excluding carboxylic acids is 1. The molecule has 3 aromatic rings. The summed E-state index contributed by atoms with van der Waals surface area (Å²) < 4.78 is 5.72. The minimum Gasteiger partial charge on any atom is -0.489 e. The zero-order chi connectivity index (χ0) is 19.9. The smallest absolute Gasteiger partial charge is 0.248 e. The van der Waals surface area contributed by atoms with E-state index in [2.05, 4.69) is 5.32 Å². The average molecular weight is 433 g/mol. The summed E-state index contributed by atoms with van der Waals surface area (Å²) >= 11 is 17.8. The Balaban J connectivity index is 1.53. The summed E-state index contributed by atoms with van der Waals surface area (Å²) in [6, 6.07) is 19.7. The van der Waals surface area contributed by atoms with Crippen molar-refractivity contribution in [3.63, 3.8) is 0 Å². The van der Waals surface area contributed by atoms with Crippen molar-refractivity contribution in [1.82, 2.24) is 0 Å². The van der Waals surface area contributed by atoms with Crippen molar-refractivity contribution in [2.24, 2.45) is 0 Å². The zero-order valence-electron chi connectivity index (χ0n) is 14.7. The van der Waals surface area contributed by atoms with Crippen LogP contribution in [0.15, 0.2) is 72.8 Å². The summed E-state index contributed by atoms with van der Waals surface area (Å²) in [6.45, 7) is 0.438. The van der Waals surface area contributed by atoms with Crippen molar-refractivity contribution < 1.29 is 9.53 Å². The number of ether oxygens (including phenoxy) is 1. The Morgan fingerprint density at radius 1 is 0.893 bits per heavy atom. The third-order valence-corrected chi connectivity index (χ3v) is 4.63. The molecule has 3 rings (SSSR count). The van der Waals surface area contributed by atoms with Crippen molar-refractivity contribution in [3.8, 4) is 5.75 Å². The van der Waals surface area contributed by atoms with Gasteiger partial charge in [-0.2, -0.15) is 0 Å². The topological polar surface area (TPSA) is 38.3 Å². The number of carbonyl (C=O) groups is 1. The molecule has 0 bridgehead atoms. The molecule has 0 fully saturated rings. The first kappa shape index (κ1) is 20.3. The van der Waals surface area contributed by atoms with Gasteiger partial charge in [0.15, 0.2) is 0 Å². The molecule has 0 saturated carbocycles. The van der Waals surface area contributed by atoms with Crippen LogP contribution in [0.25, 0.3) is 6.08 Å². The van der Waals surface area contributed by atoms with Gasteiger partial charge < -0.3 is 10.1 Å². The Morgan fingerprint density at radius 3 is 2.25 bits per heavy atom. The lowest BCUT2D eigenvalue weighted by Gasteiger charge is -2.08. The summed E-state index contributed by atoms with van der Waals surface area (Å²) in [5.74, 6) is 0.442. The standard InChI is InChI=1S/C22H16Cl3NO2/c23-17-5-1-15(2-6-17)14-28-20-10-8-19(9-11-20)26-22(27)12-4-16-3-7-18(24)13-21(16)25/h1-13H,14H2,(H,26,27)/b12-4+. The Hall–Kier alpha value is -2.46. The van der Waals surface area contributed by atoms with Crippen LogP contribution in [-0.4, -0.2) is 5.91 Å². The van der Waals surface area contributed by atoms with Crippen molar-refractivity contribution in [2.45, 2.75) is 6.61 Å². The van der Waals surface area contributed by atoms with Crippen molar-refractivity contribution >= 4 is 52.5 Å². The highest BCUT2D eigenvalue weighted by molar-refractivity contribution is 6.35. The average Bonchev–Trinajstić information content (AvgIpc) is 2.68. The van der Waals surface area contributed by atoms with E-state index in [0.717, 1.165) is 5.56 Å². The number of hydrogen-bond donors (Lipinski definition) is 1. The molecule has 3 nitrogen and oxygen atoms in total. The molecule has 1 amide bonds. The Kier molecular flexibility index (Phi) is 6.99. The van der Waals surface area contributed by atoms with Gasteiger partial charge in [-0.3, -0.25) is 4.79 Å². The van der Waals surface area contributed by atoms with E-state index in [-0.39, 0.29) is 5.91 Å². The number of anilines is 1. The summed E-state index contributed by atoms with van der Waals surface area (Å²) in [5, 5.41) is 4.51. The number of nitrogens with one attached hydrogen (secondary N) is 1. The predicted octanol–water partition coefficient (Wildman–Crippen LogP) is 6.88. The summed E-state index contributed by atoms with van der Waals surface area (Å²) in [5.41, 5.74) is 2.40. The molecule has 0 unspecified atom stereocenters. The maximum Gasteiger partial charge on any atom is 0.248 e. The largest absolute Gasteiger partial charge is 0.489 e. The van der Waals surface area contributed by atoms with Gasteiger partial charge in [-0.05, 0) is 65.7 Å². The van der Waals surface area contributed by atoms with Crippen LogP contribution in [0.4, 0.5) is 5.69 Å². The van der Waals surface area contributed by atoms with Crippen LogP contribution in [0.1, 0.15) is 11.1 Å². The third kappa shape index (κ3) is 6.03. The van der Waals surface area contributed by atoms with Crippen LogP contribution < -0.4 is 10.1 Å². The fourth-order valence-electron chi connectivity index (χ4n) is 2.37. The molecular weight excluding hydrogens is 417 g/mol. The maximum absolute atomic E-state index is 12.1. The van der Waals surface area contributed by atoms with Gasteiger partial charge in [0.2, 0.25) is 5.91 Å². The fourth-order valence-corrected chi connectivity index (χ4v) is 2.97. The van der Waals surface area contributed by atoms with Crippen LogP contribution in [-0.2, 0) is 11.4 Å². The molecular formula is C22H16Cl3NO2. The second-order valence-electron chi connectivity index (χ2n) is 5.93. The van der Waals surface area contributed by atoms with Crippen LogP contribution in [0, 0.1) is 0 Å². The summed E-state index contributed by atoms with van der Waals surface area (Å²) in [4.78, 5) is 12.1. The molecule has 0 heterocycles. The van der Waals surface area contributed by atoms with Crippen LogP contribution in [0.5, 0.6) is 5.75 Å². The Morgan fingerprint density at radius 2 is 1.57 bits per heavy atom. The van der Waals surface area contributed by atoms with Gasteiger partial charge in [0.1, 0.15) is 12.4 Å². The second-order valence-corrected chi connectivity index (χ2v) is 7.21. The molecule has 3 aromatic carbocycles. The molecule has 0 atom stereocenters. The van der Waals surface area contributed by atoms with E-state index in [9.17, 15) is 4.79 Å². The first-order valence-electron chi connectivity index (χ1n) is 8.41. The van der Waals surface area contributed by atoms with Crippen LogP contribution >= 0.6 is 34.8 Å². The van der Waals surface area contributed by atoms with E-state index in [4.69, 9.17) is 39.5 Å². The molecule has 0 spiro atoms. The van der Waals surface area contributed by atoms with E-state index in [1.165, 1.54) is 6.08 Å². The molecule has 0 aliphatic rings. The summed E-state index contributed by atoms with van der Waals surface area (Å²) in [7, 11) is 0. The minimum absolute atomic E-state index is 0.263. The van der Waals surface area contributed by atoms with Gasteiger partial charge in [0.05, 0.1) is 0 Å². The first-order valence-corrected chi connectivity index (χ1v) is 9.54. The molecule has 0 aliphatic heterocycles. The van der Waals surface area contributed by atoms with E-state index in [1.54, 1.807) is 48.5 Å². The Bertz CT molecular complexity index is 984.